The minimum absolute atomic E-state index is 0.0261. The fourth-order valence-electron chi connectivity index (χ4n) is 3.21. The van der Waals surface area contributed by atoms with Crippen LogP contribution in [0.1, 0.15) is 6.92 Å². The third-order valence-corrected chi connectivity index (χ3v) is 4.60. The van der Waals surface area contributed by atoms with Crippen molar-refractivity contribution in [3.63, 3.8) is 0 Å². The molecule has 1 fully saturated rings. The Balaban J connectivity index is 1.55. The lowest BCUT2D eigenvalue weighted by atomic mass is 10.2. The third-order valence-electron chi connectivity index (χ3n) is 4.60. The van der Waals surface area contributed by atoms with Crippen LogP contribution in [0.15, 0.2) is 48.5 Å². The molecule has 0 bridgehead atoms. The molecular weight excluding hydrogens is 360 g/mol. The Morgan fingerprint density at radius 2 is 1.86 bits per heavy atom. The van der Waals surface area contributed by atoms with Gasteiger partial charge in [-0.15, -0.1) is 0 Å². The highest BCUT2D eigenvalue weighted by Gasteiger charge is 2.22. The van der Waals surface area contributed by atoms with Crippen LogP contribution in [0.3, 0.4) is 0 Å². The van der Waals surface area contributed by atoms with Gasteiger partial charge >= 0.3 is 5.69 Å². The highest BCUT2D eigenvalue weighted by molar-refractivity contribution is 5.92. The lowest BCUT2D eigenvalue weighted by Gasteiger charge is -2.35. The first-order valence-corrected chi connectivity index (χ1v) is 9.30. The number of rotatable bonds is 7. The van der Waals surface area contributed by atoms with Gasteiger partial charge in [-0.2, -0.15) is 0 Å². The van der Waals surface area contributed by atoms with Crippen molar-refractivity contribution in [3.8, 4) is 5.75 Å². The Labute approximate surface area is 163 Å². The Kier molecular flexibility index (Phi) is 6.44. The standard InChI is InChI=1S/C20H24N4O4/c1-2-28-19-14-17(8-9-18(19)24(26)27)23-12-10-22(11-13-23)15-20(25)21-16-6-4-3-5-7-16/h3-9,14H,2,10-13,15H2,1H3,(H,21,25). The summed E-state index contributed by atoms with van der Waals surface area (Å²) in [7, 11) is 0. The zero-order valence-corrected chi connectivity index (χ0v) is 15.8. The number of nitrogens with zero attached hydrogens (tertiary/aromatic N) is 3. The third kappa shape index (κ3) is 4.98. The van der Waals surface area contributed by atoms with Crippen molar-refractivity contribution in [1.29, 1.82) is 0 Å². The zero-order valence-electron chi connectivity index (χ0n) is 15.8. The zero-order chi connectivity index (χ0) is 19.9. The molecule has 0 spiro atoms. The molecule has 1 amide bonds. The van der Waals surface area contributed by atoms with E-state index < -0.39 is 4.92 Å². The number of benzene rings is 2. The summed E-state index contributed by atoms with van der Waals surface area (Å²) in [6.45, 7) is 5.47. The monoisotopic (exact) mass is 384 g/mol. The van der Waals surface area contributed by atoms with Gasteiger partial charge in [-0.05, 0) is 25.1 Å². The van der Waals surface area contributed by atoms with Crippen LogP contribution in [0.2, 0.25) is 0 Å². The molecule has 148 valence electrons. The Hall–Kier alpha value is -3.13. The fourth-order valence-corrected chi connectivity index (χ4v) is 3.21. The SMILES string of the molecule is CCOc1cc(N2CCN(CC(=O)Nc3ccccc3)CC2)ccc1[N+](=O)[O-]. The first-order valence-electron chi connectivity index (χ1n) is 9.30. The largest absolute Gasteiger partial charge is 0.487 e. The van der Waals surface area contributed by atoms with Crippen LogP contribution >= 0.6 is 0 Å². The molecule has 2 aromatic rings. The number of para-hydroxylation sites is 1. The molecule has 8 heteroatoms. The van der Waals surface area contributed by atoms with Crippen molar-refractivity contribution in [1.82, 2.24) is 4.90 Å². The van der Waals surface area contributed by atoms with Crippen LogP contribution in [-0.2, 0) is 4.79 Å². The number of nitro groups is 1. The van der Waals surface area contributed by atoms with Crippen molar-refractivity contribution in [2.24, 2.45) is 0 Å². The summed E-state index contributed by atoms with van der Waals surface area (Å²) in [5.41, 5.74) is 1.66. The average Bonchev–Trinajstić information content (AvgIpc) is 2.69. The maximum absolute atomic E-state index is 12.2. The number of carbonyl (C=O) groups is 1. The van der Waals surface area contributed by atoms with Gasteiger partial charge in [0.15, 0.2) is 5.75 Å². The second-order valence-corrected chi connectivity index (χ2v) is 6.52. The summed E-state index contributed by atoms with van der Waals surface area (Å²) in [5, 5.41) is 14.0. The lowest BCUT2D eigenvalue weighted by molar-refractivity contribution is -0.385. The summed E-state index contributed by atoms with van der Waals surface area (Å²) in [6.07, 6.45) is 0. The van der Waals surface area contributed by atoms with Crippen LogP contribution < -0.4 is 15.0 Å². The van der Waals surface area contributed by atoms with E-state index in [1.165, 1.54) is 6.07 Å². The van der Waals surface area contributed by atoms with Crippen molar-refractivity contribution < 1.29 is 14.5 Å². The van der Waals surface area contributed by atoms with Gasteiger partial charge in [0.05, 0.1) is 18.1 Å². The summed E-state index contributed by atoms with van der Waals surface area (Å²) in [6, 6.07) is 14.4. The molecule has 0 aliphatic carbocycles. The Morgan fingerprint density at radius 1 is 1.14 bits per heavy atom. The van der Waals surface area contributed by atoms with E-state index in [0.717, 1.165) is 37.6 Å². The minimum Gasteiger partial charge on any atom is -0.487 e. The number of piperazine rings is 1. The molecule has 3 rings (SSSR count). The number of amides is 1. The molecule has 2 aromatic carbocycles. The van der Waals surface area contributed by atoms with E-state index in [1.54, 1.807) is 19.1 Å². The molecule has 1 heterocycles. The van der Waals surface area contributed by atoms with Gasteiger partial charge in [-0.25, -0.2) is 0 Å². The van der Waals surface area contributed by atoms with E-state index >= 15 is 0 Å². The molecule has 1 N–H and O–H groups in total. The average molecular weight is 384 g/mol. The maximum Gasteiger partial charge on any atom is 0.311 e. The number of hydrogen-bond acceptors (Lipinski definition) is 6. The quantitative estimate of drug-likeness (QED) is 0.583. The number of ether oxygens (including phenoxy) is 1. The molecule has 0 radical (unpaired) electrons. The predicted molar refractivity (Wildman–Crippen MR) is 108 cm³/mol. The maximum atomic E-state index is 12.2. The number of nitrogens with one attached hydrogen (secondary N) is 1. The highest BCUT2D eigenvalue weighted by atomic mass is 16.6. The van der Waals surface area contributed by atoms with Gasteiger partial charge in [-0.3, -0.25) is 19.8 Å². The molecule has 0 atom stereocenters. The van der Waals surface area contributed by atoms with Gasteiger partial charge in [0, 0.05) is 49.7 Å². The van der Waals surface area contributed by atoms with Crippen molar-refractivity contribution in [2.75, 3.05) is 49.5 Å². The molecule has 1 saturated heterocycles. The predicted octanol–water partition coefficient (Wildman–Crippen LogP) is 2.75. The number of hydrogen-bond donors (Lipinski definition) is 1. The molecule has 0 aromatic heterocycles. The van der Waals surface area contributed by atoms with Crippen LogP contribution in [-0.4, -0.2) is 55.1 Å². The van der Waals surface area contributed by atoms with E-state index in [2.05, 4.69) is 15.1 Å². The van der Waals surface area contributed by atoms with Crippen LogP contribution in [0, 0.1) is 10.1 Å². The van der Waals surface area contributed by atoms with E-state index in [-0.39, 0.29) is 17.3 Å². The van der Waals surface area contributed by atoms with Gasteiger partial charge in [-0.1, -0.05) is 18.2 Å². The number of carbonyl (C=O) groups excluding carboxylic acids is 1. The number of anilines is 2. The molecule has 1 aliphatic rings. The van der Waals surface area contributed by atoms with Gasteiger partial charge in [0.2, 0.25) is 5.91 Å². The molecule has 1 aliphatic heterocycles. The Bertz CT molecular complexity index is 820. The van der Waals surface area contributed by atoms with Gasteiger partial charge < -0.3 is 15.0 Å². The van der Waals surface area contributed by atoms with Crippen molar-refractivity contribution in [3.05, 3.63) is 58.6 Å². The Morgan fingerprint density at radius 3 is 2.50 bits per heavy atom. The smallest absolute Gasteiger partial charge is 0.311 e. The van der Waals surface area contributed by atoms with Crippen molar-refractivity contribution in [2.45, 2.75) is 6.92 Å². The van der Waals surface area contributed by atoms with E-state index in [0.29, 0.717) is 13.2 Å². The first kappa shape index (κ1) is 19.6. The molecule has 8 nitrogen and oxygen atoms in total. The topological polar surface area (TPSA) is 88.0 Å². The second kappa shape index (κ2) is 9.18. The molecule has 28 heavy (non-hydrogen) atoms. The summed E-state index contributed by atoms with van der Waals surface area (Å²) >= 11 is 0. The summed E-state index contributed by atoms with van der Waals surface area (Å²) in [5.74, 6) is 0.253. The normalized spacial score (nSPS) is 14.5. The first-order chi connectivity index (χ1) is 13.6. The highest BCUT2D eigenvalue weighted by Crippen LogP contribution is 2.32. The molecule has 0 saturated carbocycles. The summed E-state index contributed by atoms with van der Waals surface area (Å²) in [4.78, 5) is 27.2. The van der Waals surface area contributed by atoms with Crippen molar-refractivity contribution >= 4 is 23.0 Å². The van der Waals surface area contributed by atoms with Gasteiger partial charge in [0.1, 0.15) is 0 Å². The molecule has 0 unspecified atom stereocenters. The van der Waals surface area contributed by atoms with Crippen LogP contribution in [0.25, 0.3) is 0 Å². The molecular formula is C20H24N4O4. The number of nitro benzene ring substituents is 1. The van der Waals surface area contributed by atoms with Crippen LogP contribution in [0.5, 0.6) is 5.75 Å². The van der Waals surface area contributed by atoms with Gasteiger partial charge in [0.25, 0.3) is 0 Å². The van der Waals surface area contributed by atoms with E-state index in [1.807, 2.05) is 30.3 Å². The second-order valence-electron chi connectivity index (χ2n) is 6.52. The fraction of sp³-hybridized carbons (Fsp3) is 0.350. The lowest BCUT2D eigenvalue weighted by Crippen LogP contribution is -2.48. The van der Waals surface area contributed by atoms with E-state index in [9.17, 15) is 14.9 Å². The summed E-state index contributed by atoms with van der Waals surface area (Å²) < 4.78 is 5.43. The van der Waals surface area contributed by atoms with E-state index in [4.69, 9.17) is 4.74 Å². The van der Waals surface area contributed by atoms with Crippen LogP contribution in [0.4, 0.5) is 17.1 Å². The minimum atomic E-state index is -0.432.